The zero-order valence-corrected chi connectivity index (χ0v) is 11.4. The van der Waals surface area contributed by atoms with Crippen molar-refractivity contribution in [2.75, 3.05) is 18.9 Å². The van der Waals surface area contributed by atoms with Crippen molar-refractivity contribution in [1.82, 2.24) is 10.3 Å². The molecule has 0 aliphatic rings. The molecular formula is C11H17N3O3S. The van der Waals surface area contributed by atoms with Gasteiger partial charge in [-0.05, 0) is 13.8 Å². The molecule has 0 unspecified atom stereocenters. The minimum absolute atomic E-state index is 0.0580. The summed E-state index contributed by atoms with van der Waals surface area (Å²) in [7, 11) is 1.60. The van der Waals surface area contributed by atoms with Crippen molar-refractivity contribution in [3.63, 3.8) is 0 Å². The number of aliphatic carboxylic acids is 1. The molecule has 0 radical (unpaired) electrons. The highest BCUT2D eigenvalue weighted by molar-refractivity contribution is 7.13. The number of carbonyl (C=O) groups excluding carboxylic acids is 1. The Morgan fingerprint density at radius 3 is 2.72 bits per heavy atom. The summed E-state index contributed by atoms with van der Waals surface area (Å²) in [5.74, 6) is -0.963. The molecule has 6 nitrogen and oxygen atoms in total. The molecule has 0 aliphatic heterocycles. The van der Waals surface area contributed by atoms with E-state index >= 15 is 0 Å². The predicted octanol–water partition coefficient (Wildman–Crippen LogP) is 0.954. The third-order valence-electron chi connectivity index (χ3n) is 2.41. The standard InChI is InChI=1S/C11H17N3O3S/c1-11(2,9(17)12-3)6-13-10-14-7(5-18-10)4-8(15)16/h5H,4,6H2,1-3H3,(H,12,17)(H,13,14)(H,15,16). The molecule has 1 aromatic heterocycles. The molecule has 100 valence electrons. The molecule has 0 atom stereocenters. The van der Waals surface area contributed by atoms with Crippen LogP contribution in [0.2, 0.25) is 0 Å². The van der Waals surface area contributed by atoms with Crippen LogP contribution in [-0.2, 0) is 16.0 Å². The van der Waals surface area contributed by atoms with Gasteiger partial charge in [0, 0.05) is 19.0 Å². The van der Waals surface area contributed by atoms with E-state index in [0.717, 1.165) is 0 Å². The van der Waals surface area contributed by atoms with Crippen LogP contribution in [0.3, 0.4) is 0 Å². The summed E-state index contributed by atoms with van der Waals surface area (Å²) >= 11 is 1.33. The van der Waals surface area contributed by atoms with Crippen molar-refractivity contribution >= 4 is 28.3 Å². The smallest absolute Gasteiger partial charge is 0.309 e. The minimum Gasteiger partial charge on any atom is -0.481 e. The van der Waals surface area contributed by atoms with Gasteiger partial charge in [0.1, 0.15) is 0 Å². The number of carbonyl (C=O) groups is 2. The molecule has 18 heavy (non-hydrogen) atoms. The zero-order valence-electron chi connectivity index (χ0n) is 10.6. The SMILES string of the molecule is CNC(=O)C(C)(C)CNc1nc(CC(=O)O)cs1. The number of carboxylic acids is 1. The Morgan fingerprint density at radius 2 is 2.17 bits per heavy atom. The summed E-state index contributed by atoms with van der Waals surface area (Å²) in [5, 5.41) is 16.6. The number of nitrogens with one attached hydrogen (secondary N) is 2. The average molecular weight is 271 g/mol. The van der Waals surface area contributed by atoms with E-state index in [9.17, 15) is 9.59 Å². The van der Waals surface area contributed by atoms with Crippen molar-refractivity contribution in [3.05, 3.63) is 11.1 Å². The second kappa shape index (κ2) is 5.81. The Balaban J connectivity index is 2.56. The molecule has 0 bridgehead atoms. The van der Waals surface area contributed by atoms with Gasteiger partial charge < -0.3 is 15.7 Å². The highest BCUT2D eigenvalue weighted by atomic mass is 32.1. The van der Waals surface area contributed by atoms with Crippen LogP contribution in [0.5, 0.6) is 0 Å². The van der Waals surface area contributed by atoms with Gasteiger partial charge in [-0.2, -0.15) is 0 Å². The number of carboxylic acid groups (broad SMARTS) is 1. The van der Waals surface area contributed by atoms with E-state index in [4.69, 9.17) is 5.11 Å². The second-order valence-electron chi connectivity index (χ2n) is 4.53. The van der Waals surface area contributed by atoms with Crippen LogP contribution >= 0.6 is 11.3 Å². The summed E-state index contributed by atoms with van der Waals surface area (Å²) in [6.07, 6.45) is -0.0863. The second-order valence-corrected chi connectivity index (χ2v) is 5.39. The molecule has 0 spiro atoms. The lowest BCUT2D eigenvalue weighted by molar-refractivity contribution is -0.136. The van der Waals surface area contributed by atoms with Crippen LogP contribution in [0.25, 0.3) is 0 Å². The zero-order chi connectivity index (χ0) is 13.8. The van der Waals surface area contributed by atoms with Crippen LogP contribution in [0.15, 0.2) is 5.38 Å². The Bertz CT molecular complexity index is 442. The van der Waals surface area contributed by atoms with E-state index in [1.165, 1.54) is 11.3 Å². The molecular weight excluding hydrogens is 254 g/mol. The van der Waals surface area contributed by atoms with Crippen molar-refractivity contribution in [3.8, 4) is 0 Å². The summed E-state index contributed by atoms with van der Waals surface area (Å²) in [6.45, 7) is 4.09. The highest BCUT2D eigenvalue weighted by Crippen LogP contribution is 2.20. The minimum atomic E-state index is -0.905. The van der Waals surface area contributed by atoms with E-state index < -0.39 is 11.4 Å². The van der Waals surface area contributed by atoms with Crippen molar-refractivity contribution in [2.24, 2.45) is 5.41 Å². The number of hydrogen-bond acceptors (Lipinski definition) is 5. The van der Waals surface area contributed by atoms with Gasteiger partial charge in [0.2, 0.25) is 5.91 Å². The number of thiazole rings is 1. The van der Waals surface area contributed by atoms with Crippen LogP contribution in [0.1, 0.15) is 19.5 Å². The number of aromatic nitrogens is 1. The fraction of sp³-hybridized carbons (Fsp3) is 0.545. The van der Waals surface area contributed by atoms with Crippen LogP contribution in [-0.4, -0.2) is 35.6 Å². The van der Waals surface area contributed by atoms with E-state index in [2.05, 4.69) is 15.6 Å². The summed E-state index contributed by atoms with van der Waals surface area (Å²) in [6, 6.07) is 0. The third-order valence-corrected chi connectivity index (χ3v) is 3.26. The van der Waals surface area contributed by atoms with Crippen LogP contribution < -0.4 is 10.6 Å². The van der Waals surface area contributed by atoms with Gasteiger partial charge in [-0.25, -0.2) is 4.98 Å². The van der Waals surface area contributed by atoms with Gasteiger partial charge in [0.15, 0.2) is 5.13 Å². The monoisotopic (exact) mass is 271 g/mol. The van der Waals surface area contributed by atoms with Crippen molar-refractivity contribution in [2.45, 2.75) is 20.3 Å². The van der Waals surface area contributed by atoms with E-state index in [1.54, 1.807) is 12.4 Å². The van der Waals surface area contributed by atoms with Gasteiger partial charge in [0.05, 0.1) is 17.5 Å². The van der Waals surface area contributed by atoms with Crippen LogP contribution in [0, 0.1) is 5.41 Å². The molecule has 0 aliphatic carbocycles. The maximum atomic E-state index is 11.6. The average Bonchev–Trinajstić information content (AvgIpc) is 2.72. The number of hydrogen-bond donors (Lipinski definition) is 3. The Morgan fingerprint density at radius 1 is 1.50 bits per heavy atom. The molecule has 0 fully saturated rings. The lowest BCUT2D eigenvalue weighted by Crippen LogP contribution is -2.39. The van der Waals surface area contributed by atoms with E-state index in [0.29, 0.717) is 17.4 Å². The van der Waals surface area contributed by atoms with Gasteiger partial charge >= 0.3 is 5.97 Å². The van der Waals surface area contributed by atoms with Crippen molar-refractivity contribution < 1.29 is 14.7 Å². The first-order valence-corrected chi connectivity index (χ1v) is 6.35. The molecule has 0 saturated carbocycles. The molecule has 1 rings (SSSR count). The molecule has 1 heterocycles. The van der Waals surface area contributed by atoms with Crippen molar-refractivity contribution in [1.29, 1.82) is 0 Å². The maximum Gasteiger partial charge on any atom is 0.309 e. The fourth-order valence-corrected chi connectivity index (χ4v) is 2.05. The molecule has 1 aromatic rings. The number of nitrogens with zero attached hydrogens (tertiary/aromatic N) is 1. The fourth-order valence-electron chi connectivity index (χ4n) is 1.34. The predicted molar refractivity (Wildman–Crippen MR) is 69.8 cm³/mol. The largest absolute Gasteiger partial charge is 0.481 e. The van der Waals surface area contributed by atoms with E-state index in [-0.39, 0.29) is 12.3 Å². The first kappa shape index (κ1) is 14.4. The van der Waals surface area contributed by atoms with Gasteiger partial charge in [-0.15, -0.1) is 11.3 Å². The molecule has 0 aromatic carbocycles. The summed E-state index contributed by atoms with van der Waals surface area (Å²) in [5.41, 5.74) is -0.0272. The third kappa shape index (κ3) is 3.99. The lowest BCUT2D eigenvalue weighted by atomic mass is 9.92. The molecule has 3 N–H and O–H groups in total. The normalized spacial score (nSPS) is 11.1. The Hall–Kier alpha value is -1.63. The van der Waals surface area contributed by atoms with Gasteiger partial charge in [0.25, 0.3) is 0 Å². The number of amides is 1. The topological polar surface area (TPSA) is 91.3 Å². The Labute approximate surface area is 109 Å². The first-order chi connectivity index (χ1) is 8.35. The highest BCUT2D eigenvalue weighted by Gasteiger charge is 2.26. The molecule has 7 heteroatoms. The number of anilines is 1. The van der Waals surface area contributed by atoms with Gasteiger partial charge in [-0.1, -0.05) is 0 Å². The summed E-state index contributed by atoms with van der Waals surface area (Å²) in [4.78, 5) is 26.2. The summed E-state index contributed by atoms with van der Waals surface area (Å²) < 4.78 is 0. The maximum absolute atomic E-state index is 11.6. The van der Waals surface area contributed by atoms with E-state index in [1.807, 2.05) is 13.8 Å². The Kier molecular flexibility index (Phi) is 4.66. The lowest BCUT2D eigenvalue weighted by Gasteiger charge is -2.22. The van der Waals surface area contributed by atoms with Gasteiger partial charge in [-0.3, -0.25) is 9.59 Å². The molecule has 0 saturated heterocycles. The molecule has 1 amide bonds. The quantitative estimate of drug-likeness (QED) is 0.716. The van der Waals surface area contributed by atoms with Crippen LogP contribution in [0.4, 0.5) is 5.13 Å². The number of rotatable bonds is 6. The first-order valence-electron chi connectivity index (χ1n) is 5.47.